The molecule has 0 radical (unpaired) electrons. The predicted octanol–water partition coefficient (Wildman–Crippen LogP) is 5.84. The number of hydrogen-bond donors (Lipinski definition) is 0. The number of allylic oxidation sites excluding steroid dienone is 8. The van der Waals surface area contributed by atoms with Crippen LogP contribution in [-0.4, -0.2) is 27.2 Å². The van der Waals surface area contributed by atoms with Crippen molar-refractivity contribution in [2.24, 2.45) is 16.8 Å². The summed E-state index contributed by atoms with van der Waals surface area (Å²) in [7, 11) is 3.66. The third kappa shape index (κ3) is 7.10. The first-order valence-electron chi connectivity index (χ1n) is 12.1. The highest BCUT2D eigenvalue weighted by Gasteiger charge is 2.19. The molecule has 4 rings (SSSR count). The maximum Gasteiger partial charge on any atom is 0.188 e. The topological polar surface area (TPSA) is 30.8 Å². The van der Waals surface area contributed by atoms with Crippen molar-refractivity contribution in [3.8, 4) is 5.75 Å². The molecule has 0 aliphatic heterocycles. The van der Waals surface area contributed by atoms with Gasteiger partial charge in [0.2, 0.25) is 0 Å². The lowest BCUT2D eigenvalue weighted by Crippen LogP contribution is -2.18. The molecule has 0 spiro atoms. The third-order valence-corrected chi connectivity index (χ3v) is 7.58. The standard InChI is InChI=1S/C30H33FNO2P/c1-32-20-26-19-27(31)13-14-28(26)35-29-18-24(15-22-9-5-3-6-10-22)17-25(30(29)34-21-33-2)16-23-11-7-4-8-12-23/h3-9,11,13-14,17-20,22-23,35H,10,12,15-16,21H2,1-2H3. The molecule has 0 saturated carbocycles. The molecule has 2 aromatic carbocycles. The zero-order valence-electron chi connectivity index (χ0n) is 20.4. The first-order valence-corrected chi connectivity index (χ1v) is 13.1. The van der Waals surface area contributed by atoms with Gasteiger partial charge in [0.25, 0.3) is 0 Å². The van der Waals surface area contributed by atoms with Gasteiger partial charge in [0, 0.05) is 31.2 Å². The van der Waals surface area contributed by atoms with E-state index >= 15 is 0 Å². The molecule has 2 aliphatic carbocycles. The van der Waals surface area contributed by atoms with E-state index < -0.39 is 0 Å². The van der Waals surface area contributed by atoms with Gasteiger partial charge in [-0.3, -0.25) is 4.99 Å². The minimum Gasteiger partial charge on any atom is -0.467 e. The Labute approximate surface area is 209 Å². The first kappa shape index (κ1) is 25.3. The molecule has 3 atom stereocenters. The summed E-state index contributed by atoms with van der Waals surface area (Å²) in [6.07, 6.45) is 23.2. The third-order valence-electron chi connectivity index (χ3n) is 6.22. The quantitative estimate of drug-likeness (QED) is 0.239. The van der Waals surface area contributed by atoms with Gasteiger partial charge in [-0.25, -0.2) is 4.39 Å². The number of rotatable bonds is 10. The molecule has 2 aliphatic rings. The number of methoxy groups -OCH3 is 1. The summed E-state index contributed by atoms with van der Waals surface area (Å²) in [6, 6.07) is 9.52. The van der Waals surface area contributed by atoms with Crippen molar-refractivity contribution >= 4 is 25.4 Å². The van der Waals surface area contributed by atoms with Gasteiger partial charge >= 0.3 is 0 Å². The molecule has 2 aromatic rings. The molecule has 0 bridgehead atoms. The number of ether oxygens (including phenoxy) is 2. The van der Waals surface area contributed by atoms with Crippen LogP contribution in [0.15, 0.2) is 83.9 Å². The van der Waals surface area contributed by atoms with Crippen molar-refractivity contribution in [2.75, 3.05) is 21.0 Å². The first-order chi connectivity index (χ1) is 17.2. The van der Waals surface area contributed by atoms with Crippen molar-refractivity contribution in [3.05, 3.63) is 101 Å². The molecule has 0 heterocycles. The fourth-order valence-corrected chi connectivity index (χ4v) is 5.94. The Hall–Kier alpha value is -2.81. The molecule has 35 heavy (non-hydrogen) atoms. The van der Waals surface area contributed by atoms with E-state index in [1.54, 1.807) is 26.4 Å². The Morgan fingerprint density at radius 2 is 1.71 bits per heavy atom. The summed E-state index contributed by atoms with van der Waals surface area (Å²) in [6.45, 7) is 0.188. The van der Waals surface area contributed by atoms with Crippen LogP contribution >= 0.6 is 8.58 Å². The maximum absolute atomic E-state index is 14.0. The molecular weight excluding hydrogens is 456 g/mol. The van der Waals surface area contributed by atoms with Crippen molar-refractivity contribution in [3.63, 3.8) is 0 Å². The number of aliphatic imine (C=N–C) groups is 1. The van der Waals surface area contributed by atoms with Crippen LogP contribution in [0.2, 0.25) is 0 Å². The van der Waals surface area contributed by atoms with Gasteiger partial charge in [0.1, 0.15) is 11.6 Å². The van der Waals surface area contributed by atoms with Crippen LogP contribution in [0.5, 0.6) is 5.75 Å². The Morgan fingerprint density at radius 3 is 2.37 bits per heavy atom. The fourth-order valence-electron chi connectivity index (χ4n) is 4.60. The van der Waals surface area contributed by atoms with Crippen LogP contribution in [0.4, 0.5) is 4.39 Å². The van der Waals surface area contributed by atoms with Crippen LogP contribution in [0, 0.1) is 17.7 Å². The Balaban J connectivity index is 1.75. The minimum absolute atomic E-state index is 0.188. The normalized spacial score (nSPS) is 19.4. The lowest BCUT2D eigenvalue weighted by Gasteiger charge is -2.22. The number of benzene rings is 2. The van der Waals surface area contributed by atoms with Crippen molar-refractivity contribution in [2.45, 2.75) is 25.7 Å². The maximum atomic E-state index is 14.0. The van der Waals surface area contributed by atoms with E-state index in [0.717, 1.165) is 47.6 Å². The zero-order chi connectivity index (χ0) is 24.5. The minimum atomic E-state index is -0.256. The van der Waals surface area contributed by atoms with E-state index in [-0.39, 0.29) is 12.6 Å². The molecular formula is C30H33FNO2P. The summed E-state index contributed by atoms with van der Waals surface area (Å²) >= 11 is 0. The molecule has 3 nitrogen and oxygen atoms in total. The summed E-state index contributed by atoms with van der Waals surface area (Å²) in [5.74, 6) is 1.55. The molecule has 182 valence electrons. The average Bonchev–Trinajstić information content (AvgIpc) is 2.87. The highest BCUT2D eigenvalue weighted by Crippen LogP contribution is 2.31. The van der Waals surface area contributed by atoms with Crippen LogP contribution in [-0.2, 0) is 17.6 Å². The van der Waals surface area contributed by atoms with Gasteiger partial charge in [-0.2, -0.15) is 0 Å². The zero-order valence-corrected chi connectivity index (χ0v) is 21.4. The molecule has 0 fully saturated rings. The molecule has 5 heteroatoms. The lowest BCUT2D eigenvalue weighted by atomic mass is 9.89. The molecule has 0 saturated heterocycles. The van der Waals surface area contributed by atoms with Crippen LogP contribution in [0.3, 0.4) is 0 Å². The van der Waals surface area contributed by atoms with Crippen molar-refractivity contribution in [1.82, 2.24) is 0 Å². The summed E-state index contributed by atoms with van der Waals surface area (Å²) < 4.78 is 25.5. The fraction of sp³-hybridized carbons (Fsp3) is 0.300. The summed E-state index contributed by atoms with van der Waals surface area (Å²) in [4.78, 5) is 4.14. The Morgan fingerprint density at radius 1 is 0.971 bits per heavy atom. The van der Waals surface area contributed by atoms with Crippen LogP contribution < -0.4 is 15.3 Å². The van der Waals surface area contributed by atoms with E-state index in [2.05, 4.69) is 65.7 Å². The number of halogens is 1. The lowest BCUT2D eigenvalue weighted by molar-refractivity contribution is 0.0511. The van der Waals surface area contributed by atoms with Crippen molar-refractivity contribution < 1.29 is 13.9 Å². The second-order valence-corrected chi connectivity index (χ2v) is 10.3. The highest BCUT2D eigenvalue weighted by molar-refractivity contribution is 7.56. The summed E-state index contributed by atoms with van der Waals surface area (Å²) in [5.41, 5.74) is 3.31. The van der Waals surface area contributed by atoms with Gasteiger partial charge in [-0.05, 0) is 72.1 Å². The van der Waals surface area contributed by atoms with Crippen molar-refractivity contribution in [1.29, 1.82) is 0 Å². The summed E-state index contributed by atoms with van der Waals surface area (Å²) in [5, 5.41) is 2.17. The van der Waals surface area contributed by atoms with Gasteiger partial charge in [0.05, 0.1) is 0 Å². The van der Waals surface area contributed by atoms with Gasteiger partial charge in [0.15, 0.2) is 6.79 Å². The monoisotopic (exact) mass is 489 g/mol. The largest absolute Gasteiger partial charge is 0.467 e. The van der Waals surface area contributed by atoms with E-state index in [1.807, 2.05) is 6.07 Å². The second-order valence-electron chi connectivity index (χ2n) is 8.95. The average molecular weight is 490 g/mol. The van der Waals surface area contributed by atoms with Gasteiger partial charge < -0.3 is 9.47 Å². The second kappa shape index (κ2) is 12.8. The van der Waals surface area contributed by atoms with Gasteiger partial charge in [-0.15, -0.1) is 0 Å². The van der Waals surface area contributed by atoms with E-state index in [1.165, 1.54) is 17.2 Å². The molecule has 3 unspecified atom stereocenters. The molecule has 0 aromatic heterocycles. The smallest absolute Gasteiger partial charge is 0.188 e. The number of nitrogens with zero attached hydrogens (tertiary/aromatic N) is 1. The van der Waals surface area contributed by atoms with E-state index in [4.69, 9.17) is 9.47 Å². The molecule has 0 N–H and O–H groups in total. The van der Waals surface area contributed by atoms with E-state index in [9.17, 15) is 4.39 Å². The number of hydrogen-bond acceptors (Lipinski definition) is 3. The van der Waals surface area contributed by atoms with Crippen LogP contribution in [0.25, 0.3) is 0 Å². The Bertz CT molecular complexity index is 1170. The van der Waals surface area contributed by atoms with E-state index in [0.29, 0.717) is 20.4 Å². The highest BCUT2D eigenvalue weighted by atomic mass is 31.1. The van der Waals surface area contributed by atoms with Gasteiger partial charge in [-0.1, -0.05) is 69.3 Å². The SMILES string of the molecule is CN=Cc1cc(F)ccc1Pc1cc(CC2C=CC=CC2)cc(CC2C=CC=CC2)c1OCOC. The molecule has 0 amide bonds. The Kier molecular flexibility index (Phi) is 9.22. The predicted molar refractivity (Wildman–Crippen MR) is 147 cm³/mol. The van der Waals surface area contributed by atoms with Crippen LogP contribution in [0.1, 0.15) is 29.5 Å².